The highest BCUT2D eigenvalue weighted by molar-refractivity contribution is 7.98. The largest absolute Gasteiger partial charge is 0.478 e. The second kappa shape index (κ2) is 8.21. The molecule has 2 N–H and O–H groups in total. The van der Waals surface area contributed by atoms with Crippen LogP contribution in [-0.4, -0.2) is 37.5 Å². The predicted octanol–water partition coefficient (Wildman–Crippen LogP) is 2.20. The summed E-state index contributed by atoms with van der Waals surface area (Å²) in [5.41, 5.74) is 0.632. The summed E-state index contributed by atoms with van der Waals surface area (Å²) in [7, 11) is -3.55. The van der Waals surface area contributed by atoms with Crippen LogP contribution >= 0.6 is 11.8 Å². The minimum Gasteiger partial charge on any atom is -0.478 e. The van der Waals surface area contributed by atoms with E-state index in [4.69, 9.17) is 5.11 Å². The summed E-state index contributed by atoms with van der Waals surface area (Å²) in [4.78, 5) is 10.6. The van der Waals surface area contributed by atoms with Gasteiger partial charge in [-0.15, -0.1) is 0 Å². The van der Waals surface area contributed by atoms with Gasteiger partial charge < -0.3 is 5.11 Å². The fraction of sp³-hybridized carbons (Fsp3) is 0.357. The Kier molecular flexibility index (Phi) is 6.94. The number of thioether (sulfide) groups is 1. The van der Waals surface area contributed by atoms with E-state index in [9.17, 15) is 13.2 Å². The summed E-state index contributed by atoms with van der Waals surface area (Å²) in [6.45, 7) is 1.93. The van der Waals surface area contributed by atoms with E-state index in [2.05, 4.69) is 4.72 Å². The molecule has 0 amide bonds. The first kappa shape index (κ1) is 17.7. The molecule has 1 unspecified atom stereocenters. The zero-order valence-electron chi connectivity index (χ0n) is 11.9. The van der Waals surface area contributed by atoms with Crippen LogP contribution in [-0.2, 0) is 14.8 Å². The average Bonchev–Trinajstić information content (AvgIpc) is 2.45. The zero-order valence-corrected chi connectivity index (χ0v) is 13.6. The number of aliphatic carboxylic acids is 1. The molecule has 1 rings (SSSR count). The standard InChI is InChI=1S/C14H19NO4S2/c1-3-12(10-20-2)15-21(18,19)13-7-4-11(5-8-13)6-9-14(16)17/h4-9,12,15H,3,10H2,1-2H3,(H,16,17)/b9-6+. The number of hydrogen-bond donors (Lipinski definition) is 2. The van der Waals surface area contributed by atoms with Gasteiger partial charge in [-0.25, -0.2) is 17.9 Å². The average molecular weight is 329 g/mol. The van der Waals surface area contributed by atoms with Crippen molar-refractivity contribution in [1.82, 2.24) is 4.72 Å². The zero-order chi connectivity index (χ0) is 15.9. The van der Waals surface area contributed by atoms with Crippen LogP contribution in [0.5, 0.6) is 0 Å². The normalized spacial score (nSPS) is 13.4. The molecular weight excluding hydrogens is 310 g/mol. The van der Waals surface area contributed by atoms with Crippen molar-refractivity contribution in [3.05, 3.63) is 35.9 Å². The minimum absolute atomic E-state index is 0.100. The summed E-state index contributed by atoms with van der Waals surface area (Å²) >= 11 is 1.59. The fourth-order valence-electron chi connectivity index (χ4n) is 1.65. The molecule has 0 spiro atoms. The van der Waals surface area contributed by atoms with Crippen molar-refractivity contribution in [2.45, 2.75) is 24.3 Å². The molecule has 1 aromatic carbocycles. The molecule has 0 saturated heterocycles. The van der Waals surface area contributed by atoms with Crippen LogP contribution in [0.2, 0.25) is 0 Å². The molecule has 0 fully saturated rings. The van der Waals surface area contributed by atoms with Crippen LogP contribution in [0.1, 0.15) is 18.9 Å². The molecule has 1 atom stereocenters. The highest BCUT2D eigenvalue weighted by Crippen LogP contribution is 2.13. The lowest BCUT2D eigenvalue weighted by Crippen LogP contribution is -2.36. The lowest BCUT2D eigenvalue weighted by atomic mass is 10.2. The highest BCUT2D eigenvalue weighted by Gasteiger charge is 2.18. The van der Waals surface area contributed by atoms with Crippen LogP contribution in [0.3, 0.4) is 0 Å². The molecule has 21 heavy (non-hydrogen) atoms. The molecule has 0 saturated carbocycles. The Morgan fingerprint density at radius 3 is 2.48 bits per heavy atom. The van der Waals surface area contributed by atoms with Gasteiger partial charge in [0.2, 0.25) is 10.0 Å². The summed E-state index contributed by atoms with van der Waals surface area (Å²) in [6.07, 6.45) is 5.07. The van der Waals surface area contributed by atoms with E-state index in [1.807, 2.05) is 13.2 Å². The SMILES string of the molecule is CCC(CSC)NS(=O)(=O)c1ccc(/C=C/C(=O)O)cc1. The van der Waals surface area contributed by atoms with Crippen molar-refractivity contribution >= 4 is 33.8 Å². The molecule has 116 valence electrons. The van der Waals surface area contributed by atoms with Gasteiger partial charge in [-0.05, 0) is 36.4 Å². The Hall–Kier alpha value is -1.31. The quantitative estimate of drug-likeness (QED) is 0.714. The number of benzene rings is 1. The Bertz CT molecular complexity index is 594. The van der Waals surface area contributed by atoms with Gasteiger partial charge in [0, 0.05) is 17.9 Å². The maximum absolute atomic E-state index is 12.2. The van der Waals surface area contributed by atoms with Crippen molar-refractivity contribution in [1.29, 1.82) is 0 Å². The molecule has 5 nitrogen and oxygen atoms in total. The molecule has 0 bridgehead atoms. The van der Waals surface area contributed by atoms with Gasteiger partial charge in [0.15, 0.2) is 0 Å². The van der Waals surface area contributed by atoms with Crippen molar-refractivity contribution in [3.63, 3.8) is 0 Å². The van der Waals surface area contributed by atoms with Crippen LogP contribution in [0.4, 0.5) is 0 Å². The fourth-order valence-corrected chi connectivity index (χ4v) is 3.80. The van der Waals surface area contributed by atoms with E-state index in [-0.39, 0.29) is 10.9 Å². The molecule has 0 radical (unpaired) electrons. The first-order valence-electron chi connectivity index (χ1n) is 6.41. The predicted molar refractivity (Wildman–Crippen MR) is 85.9 cm³/mol. The minimum atomic E-state index is -3.55. The topological polar surface area (TPSA) is 83.5 Å². The lowest BCUT2D eigenvalue weighted by molar-refractivity contribution is -0.131. The first-order valence-corrected chi connectivity index (χ1v) is 9.29. The molecule has 0 aliphatic heterocycles. The molecule has 0 aromatic heterocycles. The van der Waals surface area contributed by atoms with E-state index in [1.54, 1.807) is 23.9 Å². The molecule has 0 aliphatic carbocycles. The van der Waals surface area contributed by atoms with Crippen molar-refractivity contribution in [2.75, 3.05) is 12.0 Å². The van der Waals surface area contributed by atoms with E-state index >= 15 is 0 Å². The Balaban J connectivity index is 2.86. The third-order valence-corrected chi connectivity index (χ3v) is 5.06. The summed E-state index contributed by atoms with van der Waals surface area (Å²) < 4.78 is 27.1. The first-order chi connectivity index (χ1) is 9.89. The number of carbonyl (C=O) groups is 1. The van der Waals surface area contributed by atoms with E-state index in [0.29, 0.717) is 5.56 Å². The number of sulfonamides is 1. The molecule has 0 heterocycles. The van der Waals surface area contributed by atoms with Gasteiger partial charge in [-0.1, -0.05) is 19.1 Å². The van der Waals surface area contributed by atoms with Gasteiger partial charge in [0.1, 0.15) is 0 Å². The van der Waals surface area contributed by atoms with Crippen molar-refractivity contribution < 1.29 is 18.3 Å². The van der Waals surface area contributed by atoms with E-state index in [0.717, 1.165) is 18.2 Å². The van der Waals surface area contributed by atoms with E-state index in [1.165, 1.54) is 18.2 Å². The summed E-state index contributed by atoms with van der Waals surface area (Å²) in [6, 6.07) is 5.98. The Labute approximate surface area is 129 Å². The summed E-state index contributed by atoms with van der Waals surface area (Å²) in [5.74, 6) is -0.328. The van der Waals surface area contributed by atoms with Gasteiger partial charge in [-0.3, -0.25) is 0 Å². The number of carboxylic acid groups (broad SMARTS) is 1. The highest BCUT2D eigenvalue weighted by atomic mass is 32.2. The third kappa shape index (κ3) is 5.91. The number of hydrogen-bond acceptors (Lipinski definition) is 4. The maximum Gasteiger partial charge on any atom is 0.328 e. The van der Waals surface area contributed by atoms with Crippen LogP contribution in [0.25, 0.3) is 6.08 Å². The number of carboxylic acids is 1. The monoisotopic (exact) mass is 329 g/mol. The van der Waals surface area contributed by atoms with Crippen molar-refractivity contribution in [2.24, 2.45) is 0 Å². The number of rotatable bonds is 8. The molecule has 7 heteroatoms. The number of nitrogens with one attached hydrogen (secondary N) is 1. The molecular formula is C14H19NO4S2. The molecule has 0 aliphatic rings. The Morgan fingerprint density at radius 2 is 2.00 bits per heavy atom. The van der Waals surface area contributed by atoms with Crippen LogP contribution < -0.4 is 4.72 Å². The van der Waals surface area contributed by atoms with Crippen molar-refractivity contribution in [3.8, 4) is 0 Å². The van der Waals surface area contributed by atoms with Gasteiger partial charge in [0.25, 0.3) is 0 Å². The second-order valence-electron chi connectivity index (χ2n) is 4.42. The molecule has 1 aromatic rings. The second-order valence-corrected chi connectivity index (χ2v) is 7.05. The van der Waals surface area contributed by atoms with Crippen LogP contribution in [0, 0.1) is 0 Å². The van der Waals surface area contributed by atoms with Gasteiger partial charge in [-0.2, -0.15) is 11.8 Å². The van der Waals surface area contributed by atoms with Gasteiger partial charge in [0.05, 0.1) is 4.90 Å². The Morgan fingerprint density at radius 1 is 1.38 bits per heavy atom. The lowest BCUT2D eigenvalue weighted by Gasteiger charge is -2.16. The maximum atomic E-state index is 12.2. The van der Waals surface area contributed by atoms with Crippen LogP contribution in [0.15, 0.2) is 35.2 Å². The summed E-state index contributed by atoms with van der Waals surface area (Å²) in [5, 5.41) is 8.54. The third-order valence-electron chi connectivity index (χ3n) is 2.79. The smallest absolute Gasteiger partial charge is 0.328 e. The van der Waals surface area contributed by atoms with E-state index < -0.39 is 16.0 Å². The van der Waals surface area contributed by atoms with Gasteiger partial charge >= 0.3 is 5.97 Å².